The van der Waals surface area contributed by atoms with Crippen molar-refractivity contribution in [1.29, 1.82) is 0 Å². The van der Waals surface area contributed by atoms with Crippen LogP contribution in [0, 0.1) is 0 Å². The lowest BCUT2D eigenvalue weighted by molar-refractivity contribution is 0.797. The molecule has 1 aromatic carbocycles. The van der Waals surface area contributed by atoms with E-state index in [0.29, 0.717) is 6.54 Å². The van der Waals surface area contributed by atoms with Crippen molar-refractivity contribution in [2.45, 2.75) is 13.1 Å². The fourth-order valence-electron chi connectivity index (χ4n) is 1.82. The Hall–Kier alpha value is -2.21. The molecular weight excluding hydrogens is 258 g/mol. The maximum Gasteiger partial charge on any atom is 0.0949 e. The average Bonchev–Trinajstić information content (AvgIpc) is 3.10. The summed E-state index contributed by atoms with van der Waals surface area (Å²) < 4.78 is 5.89. The number of aromatic nitrogens is 4. The largest absolute Gasteiger partial charge is 0.379 e. The highest BCUT2D eigenvalue weighted by atomic mass is 32.1. The van der Waals surface area contributed by atoms with Gasteiger partial charge in [-0.1, -0.05) is 16.6 Å². The van der Waals surface area contributed by atoms with Crippen LogP contribution in [0.15, 0.2) is 48.4 Å². The molecule has 3 aromatic rings. The van der Waals surface area contributed by atoms with Crippen LogP contribution >= 0.6 is 11.5 Å². The molecule has 0 radical (unpaired) electrons. The van der Waals surface area contributed by atoms with Crippen molar-refractivity contribution in [2.75, 3.05) is 5.32 Å². The summed E-state index contributed by atoms with van der Waals surface area (Å²) in [5.41, 5.74) is 3.29. The van der Waals surface area contributed by atoms with Crippen molar-refractivity contribution in [1.82, 2.24) is 19.1 Å². The summed E-state index contributed by atoms with van der Waals surface area (Å²) in [6.07, 6.45) is 5.57. The molecule has 19 heavy (non-hydrogen) atoms. The molecule has 0 spiro atoms. The van der Waals surface area contributed by atoms with E-state index in [-0.39, 0.29) is 0 Å². The minimum Gasteiger partial charge on any atom is -0.379 e. The van der Waals surface area contributed by atoms with Crippen molar-refractivity contribution >= 4 is 17.2 Å². The lowest BCUT2D eigenvalue weighted by atomic mass is 10.2. The number of nitrogens with one attached hydrogen (secondary N) is 1. The van der Waals surface area contributed by atoms with Gasteiger partial charge in [0.15, 0.2) is 0 Å². The zero-order chi connectivity index (χ0) is 12.9. The van der Waals surface area contributed by atoms with Gasteiger partial charge >= 0.3 is 0 Å². The number of hydrogen-bond donors (Lipinski definition) is 1. The molecule has 5 nitrogen and oxygen atoms in total. The molecule has 1 N–H and O–H groups in total. The van der Waals surface area contributed by atoms with Gasteiger partial charge in [-0.15, -0.1) is 5.10 Å². The predicted octanol–water partition coefficient (Wildman–Crippen LogP) is 2.40. The lowest BCUT2D eigenvalue weighted by Gasteiger charge is -2.07. The summed E-state index contributed by atoms with van der Waals surface area (Å²) in [4.78, 5) is 4.04. The summed E-state index contributed by atoms with van der Waals surface area (Å²) in [6, 6.07) is 8.35. The molecule has 0 saturated heterocycles. The molecule has 0 aliphatic carbocycles. The number of rotatable bonds is 5. The maximum atomic E-state index is 4.04. The van der Waals surface area contributed by atoms with E-state index in [9.17, 15) is 0 Å². The maximum absolute atomic E-state index is 4.04. The van der Waals surface area contributed by atoms with Crippen molar-refractivity contribution in [3.8, 4) is 0 Å². The third-order valence-corrected chi connectivity index (χ3v) is 3.28. The third-order valence-electron chi connectivity index (χ3n) is 2.73. The Labute approximate surface area is 115 Å². The van der Waals surface area contributed by atoms with Gasteiger partial charge in [0.1, 0.15) is 0 Å². The summed E-state index contributed by atoms with van der Waals surface area (Å²) in [7, 11) is 0. The first-order valence-electron chi connectivity index (χ1n) is 5.94. The molecule has 0 atom stereocenters. The summed E-state index contributed by atoms with van der Waals surface area (Å²) in [5.74, 6) is 0. The van der Waals surface area contributed by atoms with Crippen LogP contribution in [-0.4, -0.2) is 19.1 Å². The number of hydrogen-bond acceptors (Lipinski definition) is 5. The van der Waals surface area contributed by atoms with E-state index in [1.165, 1.54) is 17.1 Å². The highest BCUT2D eigenvalue weighted by Gasteiger charge is 1.99. The van der Waals surface area contributed by atoms with Crippen LogP contribution in [0.25, 0.3) is 0 Å². The van der Waals surface area contributed by atoms with Crippen LogP contribution in [0.2, 0.25) is 0 Å². The topological polar surface area (TPSA) is 55.6 Å². The van der Waals surface area contributed by atoms with Crippen molar-refractivity contribution < 1.29 is 0 Å². The predicted molar refractivity (Wildman–Crippen MR) is 75.0 cm³/mol. The average molecular weight is 271 g/mol. The Kier molecular flexibility index (Phi) is 3.51. The fraction of sp³-hybridized carbons (Fsp3) is 0.154. The first-order chi connectivity index (χ1) is 9.40. The second kappa shape index (κ2) is 5.62. The summed E-state index contributed by atoms with van der Waals surface area (Å²) >= 11 is 1.37. The van der Waals surface area contributed by atoms with Crippen LogP contribution < -0.4 is 5.32 Å². The van der Waals surface area contributed by atoms with Gasteiger partial charge in [-0.2, -0.15) is 0 Å². The normalized spacial score (nSPS) is 10.5. The van der Waals surface area contributed by atoms with Crippen LogP contribution in [0.3, 0.4) is 0 Å². The van der Waals surface area contributed by atoms with E-state index in [4.69, 9.17) is 0 Å². The SMILES string of the molecule is c1cc(Cn2ccnc2)cc(NCc2csnn2)c1. The highest BCUT2D eigenvalue weighted by Crippen LogP contribution is 2.13. The zero-order valence-electron chi connectivity index (χ0n) is 10.2. The summed E-state index contributed by atoms with van der Waals surface area (Å²) in [6.45, 7) is 1.53. The minimum absolute atomic E-state index is 0.699. The van der Waals surface area contributed by atoms with Crippen molar-refractivity contribution in [3.05, 3.63) is 59.6 Å². The quantitative estimate of drug-likeness (QED) is 0.774. The Morgan fingerprint density at radius 1 is 1.32 bits per heavy atom. The molecule has 6 heteroatoms. The zero-order valence-corrected chi connectivity index (χ0v) is 11.0. The third kappa shape index (κ3) is 3.17. The first-order valence-corrected chi connectivity index (χ1v) is 6.78. The molecule has 2 heterocycles. The van der Waals surface area contributed by atoms with Crippen LogP contribution in [0.1, 0.15) is 11.3 Å². The van der Waals surface area contributed by atoms with Gasteiger partial charge in [-0.05, 0) is 29.2 Å². The molecule has 0 unspecified atom stereocenters. The summed E-state index contributed by atoms with van der Waals surface area (Å²) in [5, 5.41) is 9.30. The molecule has 2 aromatic heterocycles. The molecule has 0 aliphatic rings. The standard InChI is InChI=1S/C13H13N5S/c1-2-11(8-18-5-4-14-10-18)6-12(3-1)15-7-13-9-19-17-16-13/h1-6,9-10,15H,7-8H2. The monoisotopic (exact) mass is 271 g/mol. The van der Waals surface area contributed by atoms with Crippen LogP contribution in [0.4, 0.5) is 5.69 Å². The number of anilines is 1. The smallest absolute Gasteiger partial charge is 0.0949 e. The molecule has 0 amide bonds. The van der Waals surface area contributed by atoms with E-state index < -0.39 is 0 Å². The van der Waals surface area contributed by atoms with Crippen molar-refractivity contribution in [3.63, 3.8) is 0 Å². The Morgan fingerprint density at radius 2 is 2.32 bits per heavy atom. The molecule has 0 bridgehead atoms. The lowest BCUT2D eigenvalue weighted by Crippen LogP contribution is -2.01. The Balaban J connectivity index is 1.66. The van der Waals surface area contributed by atoms with Gasteiger partial charge in [0.25, 0.3) is 0 Å². The molecular formula is C13H13N5S. The van der Waals surface area contributed by atoms with E-state index in [1.54, 1.807) is 6.20 Å². The van der Waals surface area contributed by atoms with Gasteiger partial charge < -0.3 is 9.88 Å². The number of benzene rings is 1. The molecule has 0 fully saturated rings. The second-order valence-electron chi connectivity index (χ2n) is 4.19. The number of imidazole rings is 1. The van der Waals surface area contributed by atoms with Gasteiger partial charge in [0, 0.05) is 30.0 Å². The van der Waals surface area contributed by atoms with Gasteiger partial charge in [-0.25, -0.2) is 4.98 Å². The van der Waals surface area contributed by atoms with E-state index >= 15 is 0 Å². The fourth-order valence-corrected chi connectivity index (χ4v) is 2.28. The number of nitrogens with zero attached hydrogens (tertiary/aromatic N) is 4. The van der Waals surface area contributed by atoms with Gasteiger partial charge in [0.2, 0.25) is 0 Å². The molecule has 96 valence electrons. The van der Waals surface area contributed by atoms with Gasteiger partial charge in [-0.3, -0.25) is 0 Å². The molecule has 3 rings (SSSR count). The van der Waals surface area contributed by atoms with Crippen LogP contribution in [-0.2, 0) is 13.1 Å². The first kappa shape index (κ1) is 11.9. The molecule has 0 aliphatic heterocycles. The Morgan fingerprint density at radius 3 is 3.11 bits per heavy atom. The Bertz CT molecular complexity index is 618. The minimum atomic E-state index is 0.699. The van der Waals surface area contributed by atoms with Crippen molar-refractivity contribution in [2.24, 2.45) is 0 Å². The van der Waals surface area contributed by atoms with E-state index in [1.807, 2.05) is 28.5 Å². The molecule has 0 saturated carbocycles. The van der Waals surface area contributed by atoms with E-state index in [0.717, 1.165) is 17.9 Å². The second-order valence-corrected chi connectivity index (χ2v) is 4.80. The highest BCUT2D eigenvalue weighted by molar-refractivity contribution is 7.03. The van der Waals surface area contributed by atoms with Crippen LogP contribution in [0.5, 0.6) is 0 Å². The van der Waals surface area contributed by atoms with Gasteiger partial charge in [0.05, 0.1) is 18.6 Å². The van der Waals surface area contributed by atoms with E-state index in [2.05, 4.69) is 38.1 Å².